The van der Waals surface area contributed by atoms with Crippen LogP contribution in [0.25, 0.3) is 0 Å². The Hall–Kier alpha value is -1.51. The van der Waals surface area contributed by atoms with E-state index in [0.717, 1.165) is 37.7 Å². The van der Waals surface area contributed by atoms with Gasteiger partial charge < -0.3 is 0 Å². The molecule has 114 valence electrons. The Morgan fingerprint density at radius 3 is 2.19 bits per heavy atom. The first kappa shape index (κ1) is 15.9. The highest BCUT2D eigenvalue weighted by Crippen LogP contribution is 2.38. The third-order valence-corrected chi connectivity index (χ3v) is 4.30. The van der Waals surface area contributed by atoms with Gasteiger partial charge in [0.05, 0.1) is 5.56 Å². The van der Waals surface area contributed by atoms with Crippen molar-refractivity contribution in [1.29, 1.82) is 0 Å². The van der Waals surface area contributed by atoms with Crippen molar-refractivity contribution in [3.05, 3.63) is 60.2 Å². The lowest BCUT2D eigenvalue weighted by Gasteiger charge is -2.28. The van der Waals surface area contributed by atoms with E-state index in [4.69, 9.17) is 0 Å². The molecule has 0 amide bonds. The summed E-state index contributed by atoms with van der Waals surface area (Å²) in [5.74, 6) is 1.11. The van der Waals surface area contributed by atoms with Crippen molar-refractivity contribution in [1.82, 2.24) is 0 Å². The van der Waals surface area contributed by atoms with Gasteiger partial charge in [0.15, 0.2) is 0 Å². The summed E-state index contributed by atoms with van der Waals surface area (Å²) in [5, 5.41) is 0. The zero-order chi connectivity index (χ0) is 15.3. The zero-order valence-corrected chi connectivity index (χ0v) is 12.1. The van der Waals surface area contributed by atoms with E-state index in [9.17, 15) is 13.2 Å². The predicted molar refractivity (Wildman–Crippen MR) is 80.1 cm³/mol. The molecule has 0 bridgehead atoms. The SMILES string of the molecule is C=CC=CCC1CCC(c2ccc(C(F)(F)F)cc2)CC1. The van der Waals surface area contributed by atoms with E-state index in [1.54, 1.807) is 18.2 Å². The van der Waals surface area contributed by atoms with Gasteiger partial charge in [0, 0.05) is 0 Å². The fraction of sp³-hybridized carbons (Fsp3) is 0.444. The fourth-order valence-corrected chi connectivity index (χ4v) is 3.04. The summed E-state index contributed by atoms with van der Waals surface area (Å²) in [6.07, 6.45) is 7.17. The van der Waals surface area contributed by atoms with Crippen molar-refractivity contribution in [2.75, 3.05) is 0 Å². The molecule has 0 aromatic heterocycles. The van der Waals surface area contributed by atoms with Crippen LogP contribution in [-0.2, 0) is 6.18 Å². The molecule has 2 rings (SSSR count). The minimum atomic E-state index is -4.24. The number of benzene rings is 1. The smallest absolute Gasteiger partial charge is 0.166 e. The maximum atomic E-state index is 12.5. The van der Waals surface area contributed by atoms with Crippen molar-refractivity contribution in [3.8, 4) is 0 Å². The van der Waals surface area contributed by atoms with Crippen molar-refractivity contribution >= 4 is 0 Å². The lowest BCUT2D eigenvalue weighted by atomic mass is 9.77. The molecule has 1 aromatic carbocycles. The van der Waals surface area contributed by atoms with E-state index < -0.39 is 11.7 Å². The maximum Gasteiger partial charge on any atom is 0.416 e. The minimum Gasteiger partial charge on any atom is -0.166 e. The lowest BCUT2D eigenvalue weighted by Crippen LogP contribution is -2.13. The third kappa shape index (κ3) is 4.48. The van der Waals surface area contributed by atoms with Crippen LogP contribution in [-0.4, -0.2) is 0 Å². The van der Waals surface area contributed by atoms with E-state index in [1.165, 1.54) is 12.1 Å². The van der Waals surface area contributed by atoms with E-state index >= 15 is 0 Å². The highest BCUT2D eigenvalue weighted by Gasteiger charge is 2.30. The van der Waals surface area contributed by atoms with Crippen molar-refractivity contribution in [2.24, 2.45) is 5.92 Å². The number of hydrogen-bond acceptors (Lipinski definition) is 0. The second-order valence-corrected chi connectivity index (χ2v) is 5.74. The summed E-state index contributed by atoms with van der Waals surface area (Å²) < 4.78 is 37.6. The molecule has 0 aliphatic heterocycles. The molecule has 0 saturated heterocycles. The van der Waals surface area contributed by atoms with Crippen molar-refractivity contribution < 1.29 is 13.2 Å². The second kappa shape index (κ2) is 6.97. The maximum absolute atomic E-state index is 12.5. The van der Waals surface area contributed by atoms with Gasteiger partial charge in [-0.2, -0.15) is 13.2 Å². The Kier molecular flexibility index (Phi) is 5.27. The van der Waals surface area contributed by atoms with Gasteiger partial charge in [-0.05, 0) is 61.6 Å². The first-order chi connectivity index (χ1) is 10.0. The van der Waals surface area contributed by atoms with Crippen molar-refractivity contribution in [2.45, 2.75) is 44.2 Å². The predicted octanol–water partition coefficient (Wildman–Crippen LogP) is 6.11. The van der Waals surface area contributed by atoms with Crippen LogP contribution in [0.3, 0.4) is 0 Å². The minimum absolute atomic E-state index is 0.409. The summed E-state index contributed by atoms with van der Waals surface area (Å²) in [5.41, 5.74) is 0.484. The van der Waals surface area contributed by atoms with Crippen molar-refractivity contribution in [3.63, 3.8) is 0 Å². The Balaban J connectivity index is 1.90. The third-order valence-electron chi connectivity index (χ3n) is 4.30. The summed E-state index contributed by atoms with van der Waals surface area (Å²) in [4.78, 5) is 0. The van der Waals surface area contributed by atoms with Crippen LogP contribution in [0.1, 0.15) is 49.1 Å². The van der Waals surface area contributed by atoms with E-state index in [0.29, 0.717) is 11.8 Å². The average Bonchev–Trinajstić information content (AvgIpc) is 2.48. The molecule has 1 saturated carbocycles. The highest BCUT2D eigenvalue weighted by atomic mass is 19.4. The van der Waals surface area contributed by atoms with Crippen LogP contribution in [0.4, 0.5) is 13.2 Å². The largest absolute Gasteiger partial charge is 0.416 e. The molecular weight excluding hydrogens is 273 g/mol. The lowest BCUT2D eigenvalue weighted by molar-refractivity contribution is -0.137. The molecule has 0 radical (unpaired) electrons. The normalized spacial score (nSPS) is 23.4. The van der Waals surface area contributed by atoms with Crippen LogP contribution >= 0.6 is 0 Å². The highest BCUT2D eigenvalue weighted by molar-refractivity contribution is 5.27. The first-order valence-electron chi connectivity index (χ1n) is 7.45. The topological polar surface area (TPSA) is 0 Å². The van der Waals surface area contributed by atoms with Gasteiger partial charge in [-0.3, -0.25) is 0 Å². The van der Waals surface area contributed by atoms with Crippen LogP contribution in [0, 0.1) is 5.92 Å². The average molecular weight is 294 g/mol. The molecule has 3 heteroatoms. The molecule has 1 fully saturated rings. The molecule has 0 unspecified atom stereocenters. The molecule has 0 nitrogen and oxygen atoms in total. The molecule has 1 aliphatic rings. The summed E-state index contributed by atoms with van der Waals surface area (Å²) in [6, 6.07) is 5.69. The Morgan fingerprint density at radius 1 is 1.05 bits per heavy atom. The molecule has 0 N–H and O–H groups in total. The van der Waals surface area contributed by atoms with E-state index in [2.05, 4.69) is 12.7 Å². The standard InChI is InChI=1S/C18H21F3/c1-2-3-4-5-14-6-8-15(9-7-14)16-10-12-17(13-11-16)18(19,20)21/h2-4,10-15H,1,5-9H2. The summed E-state index contributed by atoms with van der Waals surface area (Å²) in [6.45, 7) is 3.65. The van der Waals surface area contributed by atoms with Gasteiger partial charge in [-0.25, -0.2) is 0 Å². The summed E-state index contributed by atoms with van der Waals surface area (Å²) >= 11 is 0. The number of halogens is 3. The zero-order valence-electron chi connectivity index (χ0n) is 12.1. The van der Waals surface area contributed by atoms with Gasteiger partial charge >= 0.3 is 6.18 Å². The molecule has 0 atom stereocenters. The molecule has 0 heterocycles. The molecule has 21 heavy (non-hydrogen) atoms. The van der Waals surface area contributed by atoms with Crippen LogP contribution < -0.4 is 0 Å². The van der Waals surface area contributed by atoms with E-state index in [-0.39, 0.29) is 0 Å². The number of allylic oxidation sites excluding steroid dienone is 3. The molecule has 0 spiro atoms. The number of rotatable bonds is 4. The Bertz CT molecular complexity index is 474. The fourth-order valence-electron chi connectivity index (χ4n) is 3.04. The molecule has 1 aromatic rings. The molecule has 1 aliphatic carbocycles. The number of alkyl halides is 3. The van der Waals surface area contributed by atoms with E-state index in [1.807, 2.05) is 6.08 Å². The van der Waals surface area contributed by atoms with Gasteiger partial charge in [0.2, 0.25) is 0 Å². The summed E-state index contributed by atoms with van der Waals surface area (Å²) in [7, 11) is 0. The van der Waals surface area contributed by atoms with Gasteiger partial charge in [0.1, 0.15) is 0 Å². The van der Waals surface area contributed by atoms with Crippen LogP contribution in [0.15, 0.2) is 49.1 Å². The quantitative estimate of drug-likeness (QED) is 0.587. The van der Waals surface area contributed by atoms with Crippen LogP contribution in [0.2, 0.25) is 0 Å². The van der Waals surface area contributed by atoms with Crippen LogP contribution in [0.5, 0.6) is 0 Å². The Labute approximate surface area is 124 Å². The second-order valence-electron chi connectivity index (χ2n) is 5.74. The van der Waals surface area contributed by atoms with Gasteiger partial charge in [-0.15, -0.1) is 0 Å². The monoisotopic (exact) mass is 294 g/mol. The number of hydrogen-bond donors (Lipinski definition) is 0. The molecular formula is C18H21F3. The van der Waals surface area contributed by atoms with Gasteiger partial charge in [-0.1, -0.05) is 36.9 Å². The van der Waals surface area contributed by atoms with Gasteiger partial charge in [0.25, 0.3) is 0 Å². The Morgan fingerprint density at radius 2 is 1.67 bits per heavy atom. The first-order valence-corrected chi connectivity index (χ1v) is 7.45.